The fourth-order valence-electron chi connectivity index (χ4n) is 3.17. The maximum Gasteiger partial charge on any atom is 0.240 e. The molecule has 3 nitrogen and oxygen atoms in total. The Bertz CT molecular complexity index is 327. The van der Waals surface area contributed by atoms with Crippen LogP contribution in [0, 0.1) is 16.7 Å². The van der Waals surface area contributed by atoms with Crippen LogP contribution < -0.4 is 5.32 Å². The standard InChI is InChI=1S/C18H32N2O/c1-2-3-4-5-6-7-8-12-15-20-17(21)18(16-19)13-10-9-11-14-18/h2-15H2,1H3,(H,20,21). The van der Waals surface area contributed by atoms with Crippen molar-refractivity contribution in [3.63, 3.8) is 0 Å². The minimum Gasteiger partial charge on any atom is -0.355 e. The molecule has 1 aliphatic carbocycles. The van der Waals surface area contributed by atoms with Gasteiger partial charge in [-0.1, -0.05) is 71.1 Å². The van der Waals surface area contributed by atoms with Gasteiger partial charge in [0.1, 0.15) is 5.41 Å². The first-order valence-electron chi connectivity index (χ1n) is 8.95. The largest absolute Gasteiger partial charge is 0.355 e. The van der Waals surface area contributed by atoms with Gasteiger partial charge in [-0.15, -0.1) is 0 Å². The second-order valence-corrected chi connectivity index (χ2v) is 6.49. The highest BCUT2D eigenvalue weighted by Crippen LogP contribution is 2.35. The maximum absolute atomic E-state index is 12.2. The molecule has 0 atom stereocenters. The van der Waals surface area contributed by atoms with Crippen LogP contribution in [0.1, 0.15) is 90.4 Å². The van der Waals surface area contributed by atoms with Crippen molar-refractivity contribution in [1.29, 1.82) is 5.26 Å². The van der Waals surface area contributed by atoms with E-state index >= 15 is 0 Å². The molecule has 0 heterocycles. The van der Waals surface area contributed by atoms with Crippen LogP contribution in [-0.4, -0.2) is 12.5 Å². The van der Waals surface area contributed by atoms with E-state index in [2.05, 4.69) is 18.3 Å². The van der Waals surface area contributed by atoms with Crippen molar-refractivity contribution in [2.45, 2.75) is 90.4 Å². The van der Waals surface area contributed by atoms with E-state index in [0.29, 0.717) is 0 Å². The molecule has 0 spiro atoms. The summed E-state index contributed by atoms with van der Waals surface area (Å²) in [5.74, 6) is -0.0207. The minimum atomic E-state index is -0.724. The van der Waals surface area contributed by atoms with Crippen LogP contribution in [0.4, 0.5) is 0 Å². The number of rotatable bonds is 10. The quantitative estimate of drug-likeness (QED) is 0.592. The van der Waals surface area contributed by atoms with Crippen molar-refractivity contribution in [1.82, 2.24) is 5.32 Å². The van der Waals surface area contributed by atoms with E-state index in [1.54, 1.807) is 0 Å². The molecule has 0 bridgehead atoms. The molecule has 120 valence electrons. The fourth-order valence-corrected chi connectivity index (χ4v) is 3.17. The van der Waals surface area contributed by atoms with Crippen molar-refractivity contribution in [2.75, 3.05) is 6.54 Å². The molecule has 0 saturated heterocycles. The van der Waals surface area contributed by atoms with E-state index in [4.69, 9.17) is 0 Å². The van der Waals surface area contributed by atoms with Gasteiger partial charge in [-0.25, -0.2) is 0 Å². The summed E-state index contributed by atoms with van der Waals surface area (Å²) in [7, 11) is 0. The van der Waals surface area contributed by atoms with Gasteiger partial charge in [-0.05, 0) is 19.3 Å². The van der Waals surface area contributed by atoms with E-state index < -0.39 is 5.41 Å². The molecule has 1 fully saturated rings. The Morgan fingerprint density at radius 3 is 2.14 bits per heavy atom. The van der Waals surface area contributed by atoms with Crippen molar-refractivity contribution in [3.8, 4) is 6.07 Å². The highest BCUT2D eigenvalue weighted by Gasteiger charge is 2.39. The van der Waals surface area contributed by atoms with Gasteiger partial charge in [-0.2, -0.15) is 5.26 Å². The molecule has 0 radical (unpaired) electrons. The number of hydrogen-bond acceptors (Lipinski definition) is 2. The van der Waals surface area contributed by atoms with Gasteiger partial charge in [0.2, 0.25) is 5.91 Å². The first kappa shape index (κ1) is 18.0. The second kappa shape index (κ2) is 10.7. The Kier molecular flexibility index (Phi) is 9.14. The van der Waals surface area contributed by atoms with Gasteiger partial charge in [0.15, 0.2) is 0 Å². The highest BCUT2D eigenvalue weighted by molar-refractivity contribution is 5.85. The van der Waals surface area contributed by atoms with Gasteiger partial charge in [0.25, 0.3) is 0 Å². The number of nitrogens with one attached hydrogen (secondary N) is 1. The number of nitriles is 1. The summed E-state index contributed by atoms with van der Waals surface area (Å²) in [6.45, 7) is 2.97. The number of amides is 1. The lowest BCUT2D eigenvalue weighted by Crippen LogP contribution is -2.41. The molecule has 3 heteroatoms. The van der Waals surface area contributed by atoms with Crippen molar-refractivity contribution in [3.05, 3.63) is 0 Å². The number of nitrogens with zero attached hydrogens (tertiary/aromatic N) is 1. The first-order chi connectivity index (χ1) is 10.2. The predicted octanol–water partition coefficient (Wildman–Crippen LogP) is 4.72. The number of hydrogen-bond donors (Lipinski definition) is 1. The van der Waals surface area contributed by atoms with E-state index in [0.717, 1.165) is 45.1 Å². The zero-order valence-electron chi connectivity index (χ0n) is 13.8. The number of carbonyl (C=O) groups is 1. The van der Waals surface area contributed by atoms with Gasteiger partial charge in [0.05, 0.1) is 6.07 Å². The van der Waals surface area contributed by atoms with Crippen LogP contribution in [0.15, 0.2) is 0 Å². The molecular formula is C18H32N2O. The van der Waals surface area contributed by atoms with E-state index in [1.165, 1.54) is 44.9 Å². The molecule has 0 aromatic rings. The zero-order chi connectivity index (χ0) is 15.4. The fraction of sp³-hybridized carbons (Fsp3) is 0.889. The molecule has 1 aliphatic rings. The van der Waals surface area contributed by atoms with Crippen LogP contribution in [0.3, 0.4) is 0 Å². The van der Waals surface area contributed by atoms with Crippen LogP contribution >= 0.6 is 0 Å². The van der Waals surface area contributed by atoms with E-state index in [1.807, 2.05) is 0 Å². The molecule has 0 unspecified atom stereocenters. The zero-order valence-corrected chi connectivity index (χ0v) is 13.8. The lowest BCUT2D eigenvalue weighted by atomic mass is 9.74. The monoisotopic (exact) mass is 292 g/mol. The normalized spacial score (nSPS) is 17.1. The van der Waals surface area contributed by atoms with Crippen LogP contribution in [0.5, 0.6) is 0 Å². The van der Waals surface area contributed by atoms with Gasteiger partial charge >= 0.3 is 0 Å². The average Bonchev–Trinajstić information content (AvgIpc) is 2.53. The summed E-state index contributed by atoms with van der Waals surface area (Å²) in [5.41, 5.74) is -0.724. The van der Waals surface area contributed by atoms with Gasteiger partial charge < -0.3 is 5.32 Å². The third kappa shape index (κ3) is 6.50. The van der Waals surface area contributed by atoms with Crippen LogP contribution in [0.25, 0.3) is 0 Å². The first-order valence-corrected chi connectivity index (χ1v) is 8.95. The summed E-state index contributed by atoms with van der Waals surface area (Å²) < 4.78 is 0. The van der Waals surface area contributed by atoms with Crippen LogP contribution in [-0.2, 0) is 4.79 Å². The Morgan fingerprint density at radius 2 is 1.57 bits per heavy atom. The van der Waals surface area contributed by atoms with Gasteiger partial charge in [0, 0.05) is 6.54 Å². The smallest absolute Gasteiger partial charge is 0.240 e. The second-order valence-electron chi connectivity index (χ2n) is 6.49. The summed E-state index contributed by atoms with van der Waals surface area (Å²) in [5, 5.41) is 12.3. The maximum atomic E-state index is 12.2. The van der Waals surface area contributed by atoms with Crippen molar-refractivity contribution >= 4 is 5.91 Å². The molecule has 1 N–H and O–H groups in total. The number of unbranched alkanes of at least 4 members (excludes halogenated alkanes) is 7. The Balaban J connectivity index is 2.06. The van der Waals surface area contributed by atoms with Gasteiger partial charge in [-0.3, -0.25) is 4.79 Å². The van der Waals surface area contributed by atoms with Crippen molar-refractivity contribution < 1.29 is 4.79 Å². The predicted molar refractivity (Wildman–Crippen MR) is 86.8 cm³/mol. The molecule has 1 rings (SSSR count). The molecule has 1 amide bonds. The van der Waals surface area contributed by atoms with E-state index in [-0.39, 0.29) is 5.91 Å². The third-order valence-corrected chi connectivity index (χ3v) is 4.67. The molecule has 0 aliphatic heterocycles. The Hall–Kier alpha value is -1.04. The third-order valence-electron chi connectivity index (χ3n) is 4.67. The summed E-state index contributed by atoms with van der Waals surface area (Å²) in [6, 6.07) is 2.29. The lowest BCUT2D eigenvalue weighted by Gasteiger charge is -2.29. The summed E-state index contributed by atoms with van der Waals surface area (Å²) in [6.07, 6.45) is 14.8. The molecule has 21 heavy (non-hydrogen) atoms. The van der Waals surface area contributed by atoms with Crippen molar-refractivity contribution in [2.24, 2.45) is 5.41 Å². The highest BCUT2D eigenvalue weighted by atomic mass is 16.2. The Morgan fingerprint density at radius 1 is 1.00 bits per heavy atom. The average molecular weight is 292 g/mol. The molecule has 0 aromatic heterocycles. The molecule has 1 saturated carbocycles. The Labute approximate surface area is 130 Å². The van der Waals surface area contributed by atoms with Crippen LogP contribution in [0.2, 0.25) is 0 Å². The number of carbonyl (C=O) groups excluding carboxylic acids is 1. The molecule has 0 aromatic carbocycles. The summed E-state index contributed by atoms with van der Waals surface area (Å²) in [4.78, 5) is 12.2. The minimum absolute atomic E-state index is 0.0207. The summed E-state index contributed by atoms with van der Waals surface area (Å²) >= 11 is 0. The SMILES string of the molecule is CCCCCCCCCCNC(=O)C1(C#N)CCCCC1. The lowest BCUT2D eigenvalue weighted by molar-refractivity contribution is -0.129. The molecular weight excluding hydrogens is 260 g/mol. The van der Waals surface area contributed by atoms with E-state index in [9.17, 15) is 10.1 Å². The topological polar surface area (TPSA) is 52.9 Å².